The summed E-state index contributed by atoms with van der Waals surface area (Å²) in [7, 11) is 1.64. The zero-order valence-electron chi connectivity index (χ0n) is 21.3. The molecule has 0 saturated carbocycles. The van der Waals surface area contributed by atoms with Gasteiger partial charge in [0.05, 0.1) is 54.8 Å². The highest BCUT2D eigenvalue weighted by Crippen LogP contribution is 2.42. The van der Waals surface area contributed by atoms with Crippen LogP contribution in [0.25, 0.3) is 22.3 Å². The molecule has 5 heterocycles. The molecule has 0 amide bonds. The number of nitrogens with one attached hydrogen (secondary N) is 3. The number of H-pyrrole nitrogens is 2. The number of para-hydroxylation sites is 1. The van der Waals surface area contributed by atoms with Crippen LogP contribution in [-0.4, -0.2) is 57.1 Å². The van der Waals surface area contributed by atoms with Gasteiger partial charge < -0.3 is 23.9 Å². The number of aryl methyl sites for hydroxylation is 2. The Morgan fingerprint density at radius 1 is 1.11 bits per heavy atom. The molecule has 1 aromatic carbocycles. The van der Waals surface area contributed by atoms with E-state index in [2.05, 4.69) is 36.5 Å². The van der Waals surface area contributed by atoms with Gasteiger partial charge >= 0.3 is 0 Å². The highest BCUT2D eigenvalue weighted by Gasteiger charge is 2.49. The van der Waals surface area contributed by atoms with Crippen LogP contribution in [0.4, 0.5) is 4.39 Å². The van der Waals surface area contributed by atoms with Gasteiger partial charge in [0, 0.05) is 24.9 Å². The van der Waals surface area contributed by atoms with Crippen LogP contribution < -0.4 is 5.32 Å². The molecule has 1 unspecified atom stereocenters. The monoisotopic (exact) mass is 517 g/mol. The molecule has 1 aliphatic rings. The minimum absolute atomic E-state index is 0.223. The second-order valence-electron chi connectivity index (χ2n) is 9.45. The van der Waals surface area contributed by atoms with Crippen molar-refractivity contribution in [3.63, 3.8) is 0 Å². The van der Waals surface area contributed by atoms with Crippen molar-refractivity contribution in [2.45, 2.75) is 31.8 Å². The van der Waals surface area contributed by atoms with Crippen LogP contribution in [0, 0.1) is 19.7 Å². The van der Waals surface area contributed by atoms with Crippen molar-refractivity contribution in [2.75, 3.05) is 26.9 Å². The summed E-state index contributed by atoms with van der Waals surface area (Å²) in [6.07, 6.45) is 2.37. The number of fused-ring (bicyclic) bond motifs is 3. The summed E-state index contributed by atoms with van der Waals surface area (Å²) in [5.74, 6) is 1.21. The molecule has 0 radical (unpaired) electrons. The Labute approximate surface area is 218 Å². The summed E-state index contributed by atoms with van der Waals surface area (Å²) in [5, 5.41) is 13.4. The fourth-order valence-corrected chi connectivity index (χ4v) is 5.08. The molecule has 0 aliphatic carbocycles. The number of methoxy groups -OCH3 is 1. The number of aromatic amines is 2. The molecule has 0 fully saturated rings. The van der Waals surface area contributed by atoms with Gasteiger partial charge in [-0.2, -0.15) is 0 Å². The predicted octanol–water partition coefficient (Wildman–Crippen LogP) is 3.89. The van der Waals surface area contributed by atoms with Crippen molar-refractivity contribution in [1.82, 2.24) is 35.5 Å². The van der Waals surface area contributed by atoms with Crippen LogP contribution in [-0.2, 0) is 21.4 Å². The Bertz CT molecular complexity index is 1590. The third-order valence-electron chi connectivity index (χ3n) is 6.93. The van der Waals surface area contributed by atoms with Crippen molar-refractivity contribution in [2.24, 2.45) is 0 Å². The largest absolute Gasteiger partial charge is 0.423 e. The molecule has 38 heavy (non-hydrogen) atoms. The lowest BCUT2D eigenvalue weighted by atomic mass is 9.83. The summed E-state index contributed by atoms with van der Waals surface area (Å²) in [5.41, 5.74) is 3.71. The first kappa shape index (κ1) is 24.4. The number of halogens is 1. The number of benzene rings is 1. The van der Waals surface area contributed by atoms with Crippen molar-refractivity contribution >= 4 is 10.9 Å². The van der Waals surface area contributed by atoms with Crippen LogP contribution >= 0.6 is 0 Å². The molecule has 1 aliphatic heterocycles. The number of hydrogen-bond donors (Lipinski definition) is 3. The Hall–Kier alpha value is -3.93. The number of pyridine rings is 1. The number of ether oxygens (including phenoxy) is 2. The zero-order chi connectivity index (χ0) is 26.3. The van der Waals surface area contributed by atoms with Crippen LogP contribution in [0.2, 0.25) is 0 Å². The molecular weight excluding hydrogens is 489 g/mol. The van der Waals surface area contributed by atoms with Gasteiger partial charge in [-0.3, -0.25) is 5.32 Å². The first-order valence-electron chi connectivity index (χ1n) is 12.4. The normalized spacial score (nSPS) is 19.2. The number of hydrogen-bond acceptors (Lipinski definition) is 8. The Morgan fingerprint density at radius 2 is 1.97 bits per heavy atom. The quantitative estimate of drug-likeness (QED) is 0.265. The van der Waals surface area contributed by atoms with Crippen molar-refractivity contribution < 1.29 is 18.3 Å². The van der Waals surface area contributed by atoms with Gasteiger partial charge in [0.1, 0.15) is 11.6 Å². The minimum atomic E-state index is -0.968. The molecule has 3 N–H and O–H groups in total. The molecule has 6 rings (SSSR count). The van der Waals surface area contributed by atoms with E-state index in [0.717, 1.165) is 22.2 Å². The van der Waals surface area contributed by atoms with Crippen LogP contribution in [0.5, 0.6) is 0 Å². The lowest BCUT2D eigenvalue weighted by molar-refractivity contribution is 0.0271. The lowest BCUT2D eigenvalue weighted by Gasteiger charge is -2.39. The van der Waals surface area contributed by atoms with E-state index < -0.39 is 5.54 Å². The van der Waals surface area contributed by atoms with E-state index in [-0.39, 0.29) is 18.5 Å². The van der Waals surface area contributed by atoms with E-state index in [1.54, 1.807) is 33.2 Å². The fourth-order valence-electron chi connectivity index (χ4n) is 5.08. The van der Waals surface area contributed by atoms with E-state index in [1.807, 2.05) is 18.2 Å². The zero-order valence-corrected chi connectivity index (χ0v) is 21.3. The van der Waals surface area contributed by atoms with Gasteiger partial charge in [-0.1, -0.05) is 18.2 Å². The van der Waals surface area contributed by atoms with Crippen molar-refractivity contribution in [3.8, 4) is 11.4 Å². The Morgan fingerprint density at radius 3 is 2.76 bits per heavy atom. The first-order chi connectivity index (χ1) is 18.5. The molecule has 4 aromatic heterocycles. The predicted molar refractivity (Wildman–Crippen MR) is 137 cm³/mol. The van der Waals surface area contributed by atoms with E-state index >= 15 is 0 Å². The molecule has 5 aromatic rings. The first-order valence-corrected chi connectivity index (χ1v) is 12.4. The lowest BCUT2D eigenvalue weighted by Crippen LogP contribution is -2.53. The van der Waals surface area contributed by atoms with Crippen LogP contribution in [0.1, 0.15) is 40.6 Å². The maximum absolute atomic E-state index is 13.8. The molecule has 10 nitrogen and oxygen atoms in total. The molecule has 0 saturated heterocycles. The summed E-state index contributed by atoms with van der Waals surface area (Å²) in [6.45, 7) is 4.47. The van der Waals surface area contributed by atoms with Crippen LogP contribution in [0.3, 0.4) is 0 Å². The number of imidazole rings is 1. The molecular formula is C27H28FN7O3. The summed E-state index contributed by atoms with van der Waals surface area (Å²) in [4.78, 5) is 16.0. The average Bonchev–Trinajstić information content (AvgIpc) is 3.67. The van der Waals surface area contributed by atoms with E-state index in [4.69, 9.17) is 18.9 Å². The topological polar surface area (TPSA) is 127 Å². The van der Waals surface area contributed by atoms with Crippen molar-refractivity contribution in [1.29, 1.82) is 0 Å². The molecule has 0 bridgehead atoms. The average molecular weight is 518 g/mol. The highest BCUT2D eigenvalue weighted by atomic mass is 19.1. The van der Waals surface area contributed by atoms with Gasteiger partial charge in [-0.15, -0.1) is 10.2 Å². The Kier molecular flexibility index (Phi) is 6.26. The van der Waals surface area contributed by atoms with Crippen molar-refractivity contribution in [3.05, 3.63) is 83.0 Å². The maximum Gasteiger partial charge on any atom is 0.244 e. The highest BCUT2D eigenvalue weighted by molar-refractivity contribution is 5.85. The van der Waals surface area contributed by atoms with Gasteiger partial charge in [-0.25, -0.2) is 14.4 Å². The third-order valence-corrected chi connectivity index (χ3v) is 6.93. The number of nitrogens with zero attached hydrogens (tertiary/aromatic N) is 4. The van der Waals surface area contributed by atoms with Gasteiger partial charge in [0.25, 0.3) is 0 Å². The van der Waals surface area contributed by atoms with E-state index in [0.29, 0.717) is 54.3 Å². The minimum Gasteiger partial charge on any atom is -0.423 e. The third kappa shape index (κ3) is 4.18. The van der Waals surface area contributed by atoms with Gasteiger partial charge in [0.2, 0.25) is 11.8 Å². The molecule has 0 spiro atoms. The fraction of sp³-hybridized carbons (Fsp3) is 0.333. The van der Waals surface area contributed by atoms with Crippen LogP contribution in [0.15, 0.2) is 47.0 Å². The maximum atomic E-state index is 13.8. The van der Waals surface area contributed by atoms with E-state index in [9.17, 15) is 4.39 Å². The number of aromatic nitrogens is 6. The summed E-state index contributed by atoms with van der Waals surface area (Å²) < 4.78 is 31.1. The number of rotatable bonds is 8. The second-order valence-corrected chi connectivity index (χ2v) is 9.45. The summed E-state index contributed by atoms with van der Waals surface area (Å²) in [6, 6.07) is 11.0. The summed E-state index contributed by atoms with van der Waals surface area (Å²) >= 11 is 0. The smallest absolute Gasteiger partial charge is 0.244 e. The Balaban J connectivity index is 1.46. The molecule has 11 heteroatoms. The molecule has 196 valence electrons. The van der Waals surface area contributed by atoms with Gasteiger partial charge in [-0.05, 0) is 37.1 Å². The second kappa shape index (κ2) is 9.75. The van der Waals surface area contributed by atoms with E-state index in [1.165, 1.54) is 6.07 Å². The standard InChI is InChI=1S/C27H28FN7O3/c1-15-19(28)8-9-21(30-15)23-13-29-25(32-23)22-12-18-17-6-4-5-7-20(17)31-24(18)27(33-22,14-37-11-10-36-3)26-35-34-16(2)38-26/h4-9,13,22,31,33H,10-12,14H2,1-3H3,(H,29,32)/t22-,27?/m1/s1. The SMILES string of the molecule is COCCOCC1(c2nnc(C)o2)N[C@@H](c2ncc(-c3ccc(F)c(C)n3)[nH]2)Cc2c1[nH]c1ccccc21. The van der Waals surface area contributed by atoms with Gasteiger partial charge in [0.15, 0.2) is 5.54 Å². The molecule has 2 atom stereocenters.